The highest BCUT2D eigenvalue weighted by molar-refractivity contribution is 7.89. The molecule has 1 saturated heterocycles. The van der Waals surface area contributed by atoms with Gasteiger partial charge in [0.2, 0.25) is 15.9 Å². The van der Waals surface area contributed by atoms with Crippen molar-refractivity contribution in [1.82, 2.24) is 9.21 Å². The summed E-state index contributed by atoms with van der Waals surface area (Å²) in [6.45, 7) is 2.85. The Bertz CT molecular complexity index is 1260. The van der Waals surface area contributed by atoms with Crippen molar-refractivity contribution < 1.29 is 22.0 Å². The molecule has 0 aromatic heterocycles. The number of rotatable bonds is 5. The zero-order valence-corrected chi connectivity index (χ0v) is 18.3. The van der Waals surface area contributed by atoms with E-state index in [-0.39, 0.29) is 23.7 Å². The largest absolute Gasteiger partial charge is 0.322 e. The van der Waals surface area contributed by atoms with Gasteiger partial charge in [0.1, 0.15) is 11.6 Å². The smallest absolute Gasteiger partial charge is 0.243 e. The van der Waals surface area contributed by atoms with Crippen LogP contribution < -0.4 is 5.32 Å². The topological polar surface area (TPSA) is 69.7 Å². The monoisotopic (exact) mass is 459 g/mol. The van der Waals surface area contributed by atoms with Gasteiger partial charge in [0.15, 0.2) is 0 Å². The molecular weight excluding hydrogens is 436 g/mol. The number of fused-ring (bicyclic) bond motifs is 1. The quantitative estimate of drug-likeness (QED) is 0.635. The van der Waals surface area contributed by atoms with Crippen molar-refractivity contribution in [3.8, 4) is 0 Å². The molecule has 1 fully saturated rings. The second-order valence-corrected chi connectivity index (χ2v) is 9.68. The number of piperazine rings is 1. The lowest BCUT2D eigenvalue weighted by Crippen LogP contribution is -2.53. The molecule has 1 aliphatic rings. The number of benzene rings is 3. The molecule has 1 heterocycles. The van der Waals surface area contributed by atoms with Crippen LogP contribution in [0.15, 0.2) is 65.6 Å². The number of hydrogen-bond donors (Lipinski definition) is 1. The van der Waals surface area contributed by atoms with Crippen molar-refractivity contribution in [2.24, 2.45) is 0 Å². The average Bonchev–Trinajstić information content (AvgIpc) is 2.80. The minimum absolute atomic E-state index is 0.0965. The normalized spacial score (nSPS) is 16.7. The predicted octanol–water partition coefficient (Wildman–Crippen LogP) is 3.45. The first-order chi connectivity index (χ1) is 15.3. The van der Waals surface area contributed by atoms with Gasteiger partial charge in [0.05, 0.1) is 16.6 Å². The third-order valence-corrected chi connectivity index (χ3v) is 7.64. The molecule has 9 heteroatoms. The van der Waals surface area contributed by atoms with Crippen molar-refractivity contribution >= 4 is 32.4 Å². The lowest BCUT2D eigenvalue weighted by atomic mass is 10.1. The van der Waals surface area contributed by atoms with Crippen LogP contribution in [-0.2, 0) is 14.8 Å². The van der Waals surface area contributed by atoms with Crippen LogP contribution in [0.2, 0.25) is 0 Å². The second-order valence-electron chi connectivity index (χ2n) is 7.74. The maximum absolute atomic E-state index is 13.8. The van der Waals surface area contributed by atoms with Gasteiger partial charge in [-0.3, -0.25) is 9.69 Å². The Morgan fingerprint density at radius 3 is 2.31 bits per heavy atom. The predicted molar refractivity (Wildman–Crippen MR) is 119 cm³/mol. The van der Waals surface area contributed by atoms with Gasteiger partial charge in [0.25, 0.3) is 0 Å². The van der Waals surface area contributed by atoms with E-state index < -0.39 is 33.6 Å². The number of sulfonamides is 1. The number of nitrogens with one attached hydrogen (secondary N) is 1. The number of carbonyl (C=O) groups is 1. The third-order valence-electron chi connectivity index (χ3n) is 5.75. The van der Waals surface area contributed by atoms with Crippen LogP contribution in [0.25, 0.3) is 10.8 Å². The lowest BCUT2D eigenvalue weighted by molar-refractivity contribution is -0.121. The van der Waals surface area contributed by atoms with Crippen molar-refractivity contribution in [3.05, 3.63) is 72.3 Å². The fourth-order valence-corrected chi connectivity index (χ4v) is 5.26. The number of carbonyl (C=O) groups excluding carboxylic acids is 1. The Labute approximate surface area is 185 Å². The molecule has 3 aromatic rings. The van der Waals surface area contributed by atoms with Gasteiger partial charge in [-0.15, -0.1) is 0 Å². The van der Waals surface area contributed by atoms with Crippen LogP contribution in [0.1, 0.15) is 6.92 Å². The summed E-state index contributed by atoms with van der Waals surface area (Å²) < 4.78 is 54.5. The van der Waals surface area contributed by atoms with Gasteiger partial charge < -0.3 is 5.32 Å². The molecule has 6 nitrogen and oxygen atoms in total. The minimum Gasteiger partial charge on any atom is -0.322 e. The van der Waals surface area contributed by atoms with Crippen molar-refractivity contribution in [2.75, 3.05) is 31.5 Å². The second kappa shape index (κ2) is 8.93. The maximum Gasteiger partial charge on any atom is 0.243 e. The van der Waals surface area contributed by atoms with Crippen LogP contribution in [0.5, 0.6) is 0 Å². The number of hydrogen-bond acceptors (Lipinski definition) is 4. The van der Waals surface area contributed by atoms with E-state index in [4.69, 9.17) is 0 Å². The molecule has 168 valence electrons. The van der Waals surface area contributed by atoms with E-state index in [1.807, 2.05) is 29.2 Å². The summed E-state index contributed by atoms with van der Waals surface area (Å²) in [4.78, 5) is 14.6. The fraction of sp³-hybridized carbons (Fsp3) is 0.261. The highest BCUT2D eigenvalue weighted by Crippen LogP contribution is 2.23. The summed E-state index contributed by atoms with van der Waals surface area (Å²) in [6.07, 6.45) is 0. The highest BCUT2D eigenvalue weighted by Gasteiger charge is 2.32. The first-order valence-electron chi connectivity index (χ1n) is 10.2. The van der Waals surface area contributed by atoms with E-state index in [2.05, 4.69) is 5.32 Å². The van der Waals surface area contributed by atoms with Gasteiger partial charge in [-0.05, 0) is 42.0 Å². The summed E-state index contributed by atoms with van der Waals surface area (Å²) >= 11 is 0. The van der Waals surface area contributed by atoms with Crippen LogP contribution in [-0.4, -0.2) is 55.8 Å². The summed E-state index contributed by atoms with van der Waals surface area (Å²) in [5, 5.41) is 4.28. The van der Waals surface area contributed by atoms with Gasteiger partial charge >= 0.3 is 0 Å². The first-order valence-corrected chi connectivity index (χ1v) is 11.7. The molecule has 0 spiro atoms. The number of nitrogens with zero attached hydrogens (tertiary/aromatic N) is 2. The fourth-order valence-electron chi connectivity index (χ4n) is 3.80. The Kier molecular flexibility index (Phi) is 6.23. The van der Waals surface area contributed by atoms with Crippen LogP contribution in [0.3, 0.4) is 0 Å². The summed E-state index contributed by atoms with van der Waals surface area (Å²) in [7, 11) is -3.66. The van der Waals surface area contributed by atoms with E-state index >= 15 is 0 Å². The molecule has 4 rings (SSSR count). The molecule has 1 aliphatic heterocycles. The lowest BCUT2D eigenvalue weighted by Gasteiger charge is -2.36. The Balaban J connectivity index is 1.40. The molecule has 3 aromatic carbocycles. The summed E-state index contributed by atoms with van der Waals surface area (Å²) in [5.74, 6) is -2.02. The number of amides is 1. The molecule has 1 N–H and O–H groups in total. The molecule has 0 radical (unpaired) electrons. The highest BCUT2D eigenvalue weighted by atomic mass is 32.2. The summed E-state index contributed by atoms with van der Waals surface area (Å²) in [6, 6.07) is 15.0. The average molecular weight is 460 g/mol. The third kappa shape index (κ3) is 4.50. The Morgan fingerprint density at radius 1 is 0.938 bits per heavy atom. The molecule has 1 amide bonds. The van der Waals surface area contributed by atoms with Gasteiger partial charge in [-0.25, -0.2) is 17.2 Å². The van der Waals surface area contributed by atoms with Crippen LogP contribution >= 0.6 is 0 Å². The van der Waals surface area contributed by atoms with E-state index in [0.29, 0.717) is 19.2 Å². The first kappa shape index (κ1) is 22.3. The van der Waals surface area contributed by atoms with Gasteiger partial charge in [-0.2, -0.15) is 4.31 Å². The SMILES string of the molecule is CC(C(=O)Nc1ccc(F)cc1F)N1CCN(S(=O)(=O)c2ccc3ccccc3c2)CC1. The zero-order valence-electron chi connectivity index (χ0n) is 17.5. The Hall–Kier alpha value is -2.88. The molecule has 1 atom stereocenters. The van der Waals surface area contributed by atoms with Gasteiger partial charge in [0, 0.05) is 32.2 Å². The molecule has 0 bridgehead atoms. The van der Waals surface area contributed by atoms with E-state index in [1.54, 1.807) is 25.1 Å². The van der Waals surface area contributed by atoms with Crippen LogP contribution in [0, 0.1) is 11.6 Å². The van der Waals surface area contributed by atoms with Gasteiger partial charge in [-0.1, -0.05) is 30.3 Å². The van der Waals surface area contributed by atoms with Crippen molar-refractivity contribution in [1.29, 1.82) is 0 Å². The van der Waals surface area contributed by atoms with E-state index in [1.165, 1.54) is 10.4 Å². The molecule has 0 aliphatic carbocycles. The number of halogens is 2. The molecule has 32 heavy (non-hydrogen) atoms. The summed E-state index contributed by atoms with van der Waals surface area (Å²) in [5.41, 5.74) is -0.0965. The van der Waals surface area contributed by atoms with E-state index in [9.17, 15) is 22.0 Å². The van der Waals surface area contributed by atoms with Crippen molar-refractivity contribution in [3.63, 3.8) is 0 Å². The zero-order chi connectivity index (χ0) is 22.9. The molecule has 1 unspecified atom stereocenters. The Morgan fingerprint density at radius 2 is 1.62 bits per heavy atom. The van der Waals surface area contributed by atoms with Crippen LogP contribution in [0.4, 0.5) is 14.5 Å². The molecule has 0 saturated carbocycles. The standard InChI is InChI=1S/C23H23F2N3O3S/c1-16(23(29)26-22-9-7-19(24)15-21(22)25)27-10-12-28(13-11-27)32(30,31)20-8-6-17-4-2-3-5-18(17)14-20/h2-9,14-16H,10-13H2,1H3,(H,26,29). The van der Waals surface area contributed by atoms with Crippen molar-refractivity contribution in [2.45, 2.75) is 17.9 Å². The molecular formula is C23H23F2N3O3S. The number of anilines is 1. The minimum atomic E-state index is -3.66. The van der Waals surface area contributed by atoms with E-state index in [0.717, 1.165) is 16.8 Å². The maximum atomic E-state index is 13.8.